The summed E-state index contributed by atoms with van der Waals surface area (Å²) in [5.41, 5.74) is 2.33. The molecule has 0 atom stereocenters. The maximum atomic E-state index is 13.7. The highest BCUT2D eigenvalue weighted by atomic mass is 19.3. The van der Waals surface area contributed by atoms with Crippen LogP contribution in [0.4, 0.5) is 8.78 Å². The Morgan fingerprint density at radius 1 is 1.05 bits per heavy atom. The van der Waals surface area contributed by atoms with Crippen LogP contribution in [0, 0.1) is 11.3 Å². The Kier molecular flexibility index (Phi) is 6.91. The van der Waals surface area contributed by atoms with Crippen LogP contribution in [0.25, 0.3) is 16.6 Å². The lowest BCUT2D eigenvalue weighted by atomic mass is 10.1. The second kappa shape index (κ2) is 10.1. The number of nitriles is 1. The molecule has 0 N–H and O–H groups in total. The van der Waals surface area contributed by atoms with Gasteiger partial charge in [0.1, 0.15) is 17.5 Å². The first-order valence-electron chi connectivity index (χ1n) is 13.0. The predicted molar refractivity (Wildman–Crippen MR) is 138 cm³/mol. The Bertz CT molecular complexity index is 1330. The fraction of sp³-hybridized carbons (Fsp3) is 0.448. The number of benzene rings is 2. The van der Waals surface area contributed by atoms with Crippen LogP contribution < -0.4 is 4.74 Å². The van der Waals surface area contributed by atoms with Gasteiger partial charge in [0.25, 0.3) is 11.8 Å². The van der Waals surface area contributed by atoms with Crippen LogP contribution in [0.1, 0.15) is 55.6 Å². The fourth-order valence-electron chi connectivity index (χ4n) is 5.32. The second-order valence-electron chi connectivity index (χ2n) is 10.3. The summed E-state index contributed by atoms with van der Waals surface area (Å²) < 4.78 is 35.6. The highest BCUT2D eigenvalue weighted by Gasteiger charge is 2.36. The van der Waals surface area contributed by atoms with E-state index in [9.17, 15) is 18.8 Å². The van der Waals surface area contributed by atoms with Gasteiger partial charge in [0, 0.05) is 56.1 Å². The van der Waals surface area contributed by atoms with Crippen molar-refractivity contribution in [2.24, 2.45) is 0 Å². The number of hydrogen-bond acceptors (Lipinski definition) is 4. The molecular weight excluding hydrogens is 474 g/mol. The van der Waals surface area contributed by atoms with E-state index in [1.165, 1.54) is 4.90 Å². The third-order valence-corrected chi connectivity index (χ3v) is 7.52. The van der Waals surface area contributed by atoms with Crippen LogP contribution in [-0.4, -0.2) is 64.5 Å². The Morgan fingerprint density at radius 3 is 2.46 bits per heavy atom. The minimum atomic E-state index is -2.73. The molecule has 2 aliphatic rings. The molecule has 3 heterocycles. The molecule has 3 aromatic rings. The molecule has 0 bridgehead atoms. The third kappa shape index (κ3) is 5.33. The van der Waals surface area contributed by atoms with Gasteiger partial charge in [0.05, 0.1) is 17.1 Å². The summed E-state index contributed by atoms with van der Waals surface area (Å²) in [5.74, 6) is -2.28. The Balaban J connectivity index is 1.47. The zero-order valence-electron chi connectivity index (χ0n) is 21.3. The van der Waals surface area contributed by atoms with Gasteiger partial charge in [0.15, 0.2) is 0 Å². The van der Waals surface area contributed by atoms with Crippen molar-refractivity contribution in [1.29, 1.82) is 5.26 Å². The van der Waals surface area contributed by atoms with E-state index in [1.54, 1.807) is 24.3 Å². The molecule has 1 amide bonds. The summed E-state index contributed by atoms with van der Waals surface area (Å²) >= 11 is 0. The van der Waals surface area contributed by atoms with Crippen molar-refractivity contribution in [1.82, 2.24) is 14.4 Å². The third-order valence-electron chi connectivity index (χ3n) is 7.52. The average molecular weight is 507 g/mol. The van der Waals surface area contributed by atoms with E-state index in [1.807, 2.05) is 28.8 Å². The van der Waals surface area contributed by atoms with Crippen LogP contribution in [0.3, 0.4) is 0 Å². The molecule has 0 aliphatic carbocycles. The van der Waals surface area contributed by atoms with Crippen molar-refractivity contribution in [2.45, 2.75) is 57.6 Å². The highest BCUT2D eigenvalue weighted by Crippen LogP contribution is 2.32. The van der Waals surface area contributed by atoms with E-state index in [0.29, 0.717) is 23.0 Å². The van der Waals surface area contributed by atoms with E-state index >= 15 is 0 Å². The van der Waals surface area contributed by atoms with Crippen molar-refractivity contribution < 1.29 is 18.3 Å². The summed E-state index contributed by atoms with van der Waals surface area (Å²) in [6.07, 6.45) is 1.38. The number of alkyl halides is 2. The van der Waals surface area contributed by atoms with Gasteiger partial charge < -0.3 is 19.1 Å². The Labute approximate surface area is 216 Å². The van der Waals surface area contributed by atoms with Gasteiger partial charge in [0.2, 0.25) is 0 Å². The lowest BCUT2D eigenvalue weighted by molar-refractivity contribution is -0.0495. The normalized spacial score (nSPS) is 18.8. The van der Waals surface area contributed by atoms with Crippen molar-refractivity contribution in [3.05, 3.63) is 59.8 Å². The average Bonchev–Trinajstić information content (AvgIpc) is 3.27. The van der Waals surface area contributed by atoms with E-state index in [2.05, 4.69) is 24.8 Å². The van der Waals surface area contributed by atoms with Gasteiger partial charge in [-0.15, -0.1) is 0 Å². The quantitative estimate of drug-likeness (QED) is 0.450. The molecule has 2 saturated heterocycles. The first-order chi connectivity index (χ1) is 17.7. The van der Waals surface area contributed by atoms with Gasteiger partial charge in [-0.05, 0) is 69.2 Å². The fourth-order valence-corrected chi connectivity index (χ4v) is 5.32. The summed E-state index contributed by atoms with van der Waals surface area (Å²) in [4.78, 5) is 17.5. The minimum absolute atomic E-state index is 0.00896. The Hall–Kier alpha value is -3.44. The standard InChI is InChI=1S/C29H32F2N4O2/c1-20(2)33-12-8-24(9-13-33)37-25-6-7-26-22(17-25)18-27(28(36)34-14-10-29(30,31)11-15-34)35(26)23-5-3-4-21(16-23)19-32/h3-7,16-18,20,24H,8-15H2,1-2H3. The first-order valence-corrected chi connectivity index (χ1v) is 13.0. The number of amides is 1. The van der Waals surface area contributed by atoms with Gasteiger partial charge in [-0.3, -0.25) is 4.79 Å². The number of hydrogen-bond donors (Lipinski definition) is 0. The van der Waals surface area contributed by atoms with E-state index in [-0.39, 0.29) is 37.9 Å². The summed E-state index contributed by atoms with van der Waals surface area (Å²) in [6, 6.07) is 17.3. The van der Waals surface area contributed by atoms with Crippen LogP contribution in [0.15, 0.2) is 48.5 Å². The van der Waals surface area contributed by atoms with Crippen LogP contribution in [0.2, 0.25) is 0 Å². The van der Waals surface area contributed by atoms with Crippen LogP contribution in [0.5, 0.6) is 5.75 Å². The number of aromatic nitrogens is 1. The maximum absolute atomic E-state index is 13.7. The molecule has 6 nitrogen and oxygen atoms in total. The number of piperidine rings is 2. The monoisotopic (exact) mass is 506 g/mol. The molecule has 8 heteroatoms. The lowest BCUT2D eigenvalue weighted by Crippen LogP contribution is -2.43. The molecule has 0 saturated carbocycles. The number of halogens is 2. The van der Waals surface area contributed by atoms with Gasteiger partial charge >= 0.3 is 0 Å². The highest BCUT2D eigenvalue weighted by molar-refractivity contribution is 6.00. The number of carbonyl (C=O) groups excluding carboxylic acids is 1. The molecule has 0 radical (unpaired) electrons. The van der Waals surface area contributed by atoms with E-state index < -0.39 is 5.92 Å². The van der Waals surface area contributed by atoms with Crippen LogP contribution in [-0.2, 0) is 0 Å². The topological polar surface area (TPSA) is 61.5 Å². The zero-order valence-corrected chi connectivity index (χ0v) is 21.3. The maximum Gasteiger partial charge on any atom is 0.270 e. The van der Waals surface area contributed by atoms with Gasteiger partial charge in [-0.1, -0.05) is 6.07 Å². The van der Waals surface area contributed by atoms with E-state index in [4.69, 9.17) is 4.74 Å². The number of fused-ring (bicyclic) bond motifs is 1. The van der Waals surface area contributed by atoms with Crippen molar-refractivity contribution in [3.63, 3.8) is 0 Å². The van der Waals surface area contributed by atoms with Crippen LogP contribution >= 0.6 is 0 Å². The molecule has 0 spiro atoms. The molecule has 2 aromatic carbocycles. The van der Waals surface area contributed by atoms with Gasteiger partial charge in [-0.25, -0.2) is 8.78 Å². The predicted octanol–water partition coefficient (Wildman–Crippen LogP) is 5.63. The molecule has 5 rings (SSSR count). The number of ether oxygens (including phenoxy) is 1. The molecule has 194 valence electrons. The largest absolute Gasteiger partial charge is 0.490 e. The smallest absolute Gasteiger partial charge is 0.270 e. The number of likely N-dealkylation sites (tertiary alicyclic amines) is 2. The minimum Gasteiger partial charge on any atom is -0.490 e. The summed E-state index contributed by atoms with van der Waals surface area (Å²) in [7, 11) is 0. The second-order valence-corrected chi connectivity index (χ2v) is 10.3. The van der Waals surface area contributed by atoms with Crippen molar-refractivity contribution in [2.75, 3.05) is 26.2 Å². The van der Waals surface area contributed by atoms with Gasteiger partial charge in [-0.2, -0.15) is 5.26 Å². The zero-order chi connectivity index (χ0) is 26.2. The molecule has 1 aromatic heterocycles. The SMILES string of the molecule is CC(C)N1CCC(Oc2ccc3c(c2)cc(C(=O)N2CCC(F)(F)CC2)n3-c2cccc(C#N)c2)CC1. The molecule has 0 unspecified atom stereocenters. The van der Waals surface area contributed by atoms with E-state index in [0.717, 1.165) is 42.6 Å². The number of nitrogens with zero attached hydrogens (tertiary/aromatic N) is 4. The summed E-state index contributed by atoms with van der Waals surface area (Å²) in [6.45, 7) is 6.44. The summed E-state index contributed by atoms with van der Waals surface area (Å²) in [5, 5.41) is 10.2. The van der Waals surface area contributed by atoms with Crippen molar-refractivity contribution >= 4 is 16.8 Å². The Morgan fingerprint density at radius 2 is 1.78 bits per heavy atom. The lowest BCUT2D eigenvalue weighted by Gasteiger charge is -2.34. The molecule has 2 fully saturated rings. The van der Waals surface area contributed by atoms with Crippen molar-refractivity contribution in [3.8, 4) is 17.5 Å². The molecule has 2 aliphatic heterocycles. The number of rotatable bonds is 5. The first kappa shape index (κ1) is 25.2. The molecule has 37 heavy (non-hydrogen) atoms. The number of carbonyl (C=O) groups is 1. The molecular formula is C29H32F2N4O2.